The van der Waals surface area contributed by atoms with Gasteiger partial charge in [0, 0.05) is 54.0 Å². The highest BCUT2D eigenvalue weighted by atomic mass is 35.5. The second-order valence-electron chi connectivity index (χ2n) is 8.30. The molecule has 8 nitrogen and oxygen atoms in total. The molecule has 1 fully saturated rings. The molecule has 1 saturated heterocycles. The zero-order chi connectivity index (χ0) is 26.0. The maximum absolute atomic E-state index is 12.8. The molecule has 1 heterocycles. The first-order chi connectivity index (χ1) is 16.6. The molecule has 0 bridgehead atoms. The van der Waals surface area contributed by atoms with Crippen LogP contribution in [0.4, 0.5) is 5.69 Å². The number of halogens is 1. The van der Waals surface area contributed by atoms with Gasteiger partial charge in [0.15, 0.2) is 11.6 Å². The van der Waals surface area contributed by atoms with E-state index in [-0.39, 0.29) is 17.5 Å². The van der Waals surface area contributed by atoms with Crippen LogP contribution >= 0.6 is 11.6 Å². The molecule has 2 aromatic carbocycles. The van der Waals surface area contributed by atoms with Crippen molar-refractivity contribution in [2.24, 2.45) is 5.92 Å². The molecule has 0 unspecified atom stereocenters. The topological polar surface area (TPSA) is 115 Å². The van der Waals surface area contributed by atoms with Crippen LogP contribution in [0.25, 0.3) is 0 Å². The van der Waals surface area contributed by atoms with Crippen LogP contribution in [0.3, 0.4) is 0 Å². The van der Waals surface area contributed by atoms with Crippen molar-refractivity contribution in [2.75, 3.05) is 38.6 Å². The van der Waals surface area contributed by atoms with Crippen LogP contribution in [-0.4, -0.2) is 72.3 Å². The SMILES string of the molecule is CN(C)c1ccc(C(=O)C2CCN(CC(=O)c3ccc(Cl)cc3)CC2)cc1.O=C(O)C=CC(=O)O. The Morgan fingerprint density at radius 3 is 1.83 bits per heavy atom. The number of rotatable bonds is 8. The summed E-state index contributed by atoms with van der Waals surface area (Å²) in [6, 6.07) is 14.8. The van der Waals surface area contributed by atoms with Crippen molar-refractivity contribution in [1.82, 2.24) is 4.90 Å². The van der Waals surface area contributed by atoms with Gasteiger partial charge in [-0.25, -0.2) is 9.59 Å². The average molecular weight is 501 g/mol. The summed E-state index contributed by atoms with van der Waals surface area (Å²) >= 11 is 5.87. The Morgan fingerprint density at radius 2 is 1.37 bits per heavy atom. The van der Waals surface area contributed by atoms with Gasteiger partial charge >= 0.3 is 11.9 Å². The van der Waals surface area contributed by atoms with E-state index < -0.39 is 11.9 Å². The van der Waals surface area contributed by atoms with Crippen molar-refractivity contribution >= 4 is 40.8 Å². The molecule has 0 aliphatic carbocycles. The second-order valence-corrected chi connectivity index (χ2v) is 8.73. The third-order valence-corrected chi connectivity index (χ3v) is 5.78. The van der Waals surface area contributed by atoms with Gasteiger partial charge in [0.1, 0.15) is 0 Å². The predicted molar refractivity (Wildman–Crippen MR) is 134 cm³/mol. The van der Waals surface area contributed by atoms with E-state index in [9.17, 15) is 19.2 Å². The molecular weight excluding hydrogens is 472 g/mol. The summed E-state index contributed by atoms with van der Waals surface area (Å²) in [5, 5.41) is 16.3. The summed E-state index contributed by atoms with van der Waals surface area (Å²) in [6.45, 7) is 1.93. The number of anilines is 1. The summed E-state index contributed by atoms with van der Waals surface area (Å²) in [6.07, 6.45) is 2.70. The average Bonchev–Trinajstić information content (AvgIpc) is 2.83. The maximum Gasteiger partial charge on any atom is 0.328 e. The third-order valence-electron chi connectivity index (χ3n) is 5.53. The molecule has 9 heteroatoms. The number of ketones is 2. The summed E-state index contributed by atoms with van der Waals surface area (Å²) in [4.78, 5) is 48.4. The first-order valence-corrected chi connectivity index (χ1v) is 11.4. The molecule has 0 amide bonds. The standard InChI is InChI=1S/C22H25ClN2O2.C4H4O4/c1-24(2)20-9-5-17(6-10-20)22(27)18-11-13-25(14-12-18)15-21(26)16-3-7-19(23)8-4-16;5-3(6)1-2-4(7)8/h3-10,18H,11-15H2,1-2H3;1-2H,(H,5,6)(H,7,8). The van der Waals surface area contributed by atoms with Gasteiger partial charge in [-0.2, -0.15) is 0 Å². The van der Waals surface area contributed by atoms with Crippen LogP contribution in [0.2, 0.25) is 5.02 Å². The Hall–Kier alpha value is -3.49. The van der Waals surface area contributed by atoms with Crippen molar-refractivity contribution in [3.63, 3.8) is 0 Å². The first-order valence-electron chi connectivity index (χ1n) is 11.0. The largest absolute Gasteiger partial charge is 0.478 e. The number of carboxylic acids is 2. The molecule has 35 heavy (non-hydrogen) atoms. The van der Waals surface area contributed by atoms with E-state index in [2.05, 4.69) is 4.90 Å². The summed E-state index contributed by atoms with van der Waals surface area (Å²) in [5.74, 6) is -2.17. The van der Waals surface area contributed by atoms with E-state index in [0.29, 0.717) is 29.3 Å². The molecule has 3 rings (SSSR count). The number of aliphatic carboxylic acids is 2. The minimum absolute atomic E-state index is 0.0390. The predicted octanol–water partition coefficient (Wildman–Crippen LogP) is 3.90. The smallest absolute Gasteiger partial charge is 0.328 e. The molecule has 1 aliphatic rings. The van der Waals surface area contributed by atoms with Crippen LogP contribution in [0.15, 0.2) is 60.7 Å². The number of hydrogen-bond acceptors (Lipinski definition) is 6. The molecule has 186 valence electrons. The van der Waals surface area contributed by atoms with E-state index in [4.69, 9.17) is 21.8 Å². The number of carbonyl (C=O) groups is 4. The Labute approximate surface area is 209 Å². The lowest BCUT2D eigenvalue weighted by Gasteiger charge is -2.30. The number of piperidine rings is 1. The molecule has 0 radical (unpaired) electrons. The number of Topliss-reactive ketones (excluding diaryl/α,β-unsaturated/α-hetero) is 2. The molecule has 2 aromatic rings. The van der Waals surface area contributed by atoms with Crippen LogP contribution in [0.5, 0.6) is 0 Å². The molecule has 0 atom stereocenters. The van der Waals surface area contributed by atoms with Gasteiger partial charge in [0.05, 0.1) is 6.54 Å². The van der Waals surface area contributed by atoms with Crippen molar-refractivity contribution in [2.45, 2.75) is 12.8 Å². The molecule has 0 spiro atoms. The lowest BCUT2D eigenvalue weighted by molar-refractivity contribution is -0.134. The number of nitrogens with zero attached hydrogens (tertiary/aromatic N) is 2. The molecule has 2 N–H and O–H groups in total. The van der Waals surface area contributed by atoms with Crippen molar-refractivity contribution in [3.8, 4) is 0 Å². The molecule has 0 aromatic heterocycles. The van der Waals surface area contributed by atoms with E-state index in [1.807, 2.05) is 43.3 Å². The van der Waals surface area contributed by atoms with Gasteiger partial charge in [-0.1, -0.05) is 11.6 Å². The van der Waals surface area contributed by atoms with E-state index in [1.54, 1.807) is 24.3 Å². The second kappa shape index (κ2) is 13.4. The minimum atomic E-state index is -1.26. The van der Waals surface area contributed by atoms with E-state index in [0.717, 1.165) is 37.2 Å². The number of likely N-dealkylation sites (tertiary alicyclic amines) is 1. The highest BCUT2D eigenvalue weighted by Crippen LogP contribution is 2.23. The van der Waals surface area contributed by atoms with Crippen molar-refractivity contribution in [3.05, 3.63) is 76.8 Å². The van der Waals surface area contributed by atoms with E-state index in [1.165, 1.54) is 0 Å². The number of benzene rings is 2. The molecular formula is C26H29ClN2O6. The minimum Gasteiger partial charge on any atom is -0.478 e. The van der Waals surface area contributed by atoms with Crippen molar-refractivity contribution < 1.29 is 29.4 Å². The van der Waals surface area contributed by atoms with E-state index >= 15 is 0 Å². The van der Waals surface area contributed by atoms with Gasteiger partial charge in [-0.05, 0) is 74.5 Å². The highest BCUT2D eigenvalue weighted by Gasteiger charge is 2.26. The van der Waals surface area contributed by atoms with Gasteiger partial charge in [0.25, 0.3) is 0 Å². The van der Waals surface area contributed by atoms with Gasteiger partial charge in [-0.15, -0.1) is 0 Å². The van der Waals surface area contributed by atoms with Crippen LogP contribution < -0.4 is 4.90 Å². The third kappa shape index (κ3) is 9.35. The fraction of sp³-hybridized carbons (Fsp3) is 0.308. The lowest BCUT2D eigenvalue weighted by Crippen LogP contribution is -2.39. The summed E-state index contributed by atoms with van der Waals surface area (Å²) in [7, 11) is 3.97. The Balaban J connectivity index is 0.000000466. The van der Waals surface area contributed by atoms with Crippen LogP contribution in [0.1, 0.15) is 33.6 Å². The lowest BCUT2D eigenvalue weighted by atomic mass is 9.88. The molecule has 0 saturated carbocycles. The number of carbonyl (C=O) groups excluding carboxylic acids is 2. The first kappa shape index (κ1) is 27.8. The van der Waals surface area contributed by atoms with Crippen molar-refractivity contribution in [1.29, 1.82) is 0 Å². The maximum atomic E-state index is 12.8. The van der Waals surface area contributed by atoms with Gasteiger partial charge < -0.3 is 15.1 Å². The number of carboxylic acid groups (broad SMARTS) is 2. The Bertz CT molecular complexity index is 1040. The fourth-order valence-corrected chi connectivity index (χ4v) is 3.71. The summed E-state index contributed by atoms with van der Waals surface area (Å²) in [5.41, 5.74) is 2.54. The van der Waals surface area contributed by atoms with Gasteiger partial charge in [-0.3, -0.25) is 14.5 Å². The quantitative estimate of drug-likeness (QED) is 0.414. The Kier molecular flexibility index (Phi) is 10.6. The van der Waals surface area contributed by atoms with Crippen LogP contribution in [-0.2, 0) is 9.59 Å². The van der Waals surface area contributed by atoms with Crippen LogP contribution in [0, 0.1) is 5.92 Å². The monoisotopic (exact) mass is 500 g/mol. The zero-order valence-electron chi connectivity index (χ0n) is 19.7. The highest BCUT2D eigenvalue weighted by molar-refractivity contribution is 6.30. The van der Waals surface area contributed by atoms with Gasteiger partial charge in [0.2, 0.25) is 0 Å². The molecule has 1 aliphatic heterocycles. The zero-order valence-corrected chi connectivity index (χ0v) is 20.4. The fourth-order valence-electron chi connectivity index (χ4n) is 3.59. The number of hydrogen-bond donors (Lipinski definition) is 2. The normalized spacial score (nSPS) is 14.1. The summed E-state index contributed by atoms with van der Waals surface area (Å²) < 4.78 is 0. The Morgan fingerprint density at radius 1 is 0.886 bits per heavy atom.